The molecule has 2 aromatic rings. The standard InChI is InChI=1S/C15H10F6N3O/c16-14(17,18)9-5-10(15(19,20)21)7-12(6-9)23-11-3-1-8(2-4-11)13(22)24-25/h1-7,25H,(H2,22,24). The molecule has 2 aromatic carbocycles. The quantitative estimate of drug-likeness (QED) is 0.323. The second-order valence-corrected chi connectivity index (χ2v) is 4.91. The summed E-state index contributed by atoms with van der Waals surface area (Å²) < 4.78 is 76.8. The van der Waals surface area contributed by atoms with Gasteiger partial charge in [-0.05, 0) is 42.5 Å². The van der Waals surface area contributed by atoms with Gasteiger partial charge < -0.3 is 0 Å². The average molecular weight is 362 g/mol. The summed E-state index contributed by atoms with van der Waals surface area (Å²) >= 11 is 0. The van der Waals surface area contributed by atoms with Crippen LogP contribution in [0.3, 0.4) is 0 Å². The van der Waals surface area contributed by atoms with Crippen molar-refractivity contribution in [2.45, 2.75) is 12.4 Å². The molecule has 0 atom stereocenters. The predicted molar refractivity (Wildman–Crippen MR) is 76.1 cm³/mol. The largest absolute Gasteiger partial charge is 0.416 e. The summed E-state index contributed by atoms with van der Waals surface area (Å²) in [6, 6.07) is 6.27. The molecule has 0 saturated heterocycles. The van der Waals surface area contributed by atoms with E-state index in [0.29, 0.717) is 12.1 Å². The third-order valence-electron chi connectivity index (χ3n) is 3.10. The molecule has 2 rings (SSSR count). The van der Waals surface area contributed by atoms with Crippen LogP contribution in [0.5, 0.6) is 0 Å². The number of hydroxylamine groups is 1. The molecule has 1 radical (unpaired) electrons. The highest BCUT2D eigenvalue weighted by atomic mass is 19.4. The Balaban J connectivity index is 2.37. The lowest BCUT2D eigenvalue weighted by Crippen LogP contribution is -2.18. The third-order valence-corrected chi connectivity index (χ3v) is 3.10. The van der Waals surface area contributed by atoms with Crippen LogP contribution in [0.2, 0.25) is 0 Å². The minimum atomic E-state index is -4.95. The van der Waals surface area contributed by atoms with Gasteiger partial charge >= 0.3 is 12.4 Å². The Labute approximate surface area is 137 Å². The summed E-state index contributed by atoms with van der Waals surface area (Å²) in [6.07, 6.45) is -9.89. The van der Waals surface area contributed by atoms with E-state index in [1.54, 1.807) is 5.48 Å². The van der Waals surface area contributed by atoms with Gasteiger partial charge in [-0.15, -0.1) is 0 Å². The molecule has 3 N–H and O–H groups in total. The fraction of sp³-hybridized carbons (Fsp3) is 0.133. The maximum atomic E-state index is 12.8. The van der Waals surface area contributed by atoms with Crippen LogP contribution in [-0.2, 0) is 12.4 Å². The van der Waals surface area contributed by atoms with Gasteiger partial charge in [-0.1, -0.05) is 0 Å². The molecule has 0 spiro atoms. The van der Waals surface area contributed by atoms with Crippen molar-refractivity contribution in [2.75, 3.05) is 0 Å². The van der Waals surface area contributed by atoms with E-state index in [0.717, 1.165) is 0 Å². The van der Waals surface area contributed by atoms with Crippen LogP contribution >= 0.6 is 0 Å². The number of hydrogen-bond acceptors (Lipinski definition) is 2. The normalized spacial score (nSPS) is 12.0. The monoisotopic (exact) mass is 362 g/mol. The van der Waals surface area contributed by atoms with E-state index >= 15 is 0 Å². The Morgan fingerprint density at radius 2 is 1.32 bits per heavy atom. The van der Waals surface area contributed by atoms with Crippen molar-refractivity contribution in [1.82, 2.24) is 10.8 Å². The van der Waals surface area contributed by atoms with Crippen molar-refractivity contribution in [3.63, 3.8) is 0 Å². The van der Waals surface area contributed by atoms with Crippen LogP contribution in [0.15, 0.2) is 42.5 Å². The van der Waals surface area contributed by atoms with Gasteiger partial charge in [0.2, 0.25) is 0 Å². The molecule has 10 heteroatoms. The molecular weight excluding hydrogens is 352 g/mol. The molecule has 0 aliphatic carbocycles. The first-order valence-electron chi connectivity index (χ1n) is 6.61. The Hall–Kier alpha value is -2.75. The maximum Gasteiger partial charge on any atom is 0.416 e. The molecular formula is C15H10F6N3O. The predicted octanol–water partition coefficient (Wildman–Crippen LogP) is 4.60. The van der Waals surface area contributed by atoms with Crippen molar-refractivity contribution in [3.05, 3.63) is 59.2 Å². The van der Waals surface area contributed by atoms with E-state index in [2.05, 4.69) is 5.32 Å². The third kappa shape index (κ3) is 4.63. The number of amidine groups is 1. The molecule has 0 aliphatic rings. The number of rotatable bonds is 3. The summed E-state index contributed by atoms with van der Waals surface area (Å²) in [5.74, 6) is -0.329. The van der Waals surface area contributed by atoms with Crippen LogP contribution in [0.1, 0.15) is 16.7 Å². The van der Waals surface area contributed by atoms with E-state index in [1.807, 2.05) is 0 Å². The zero-order chi connectivity index (χ0) is 18.8. The number of hydrogen-bond donors (Lipinski definition) is 3. The van der Waals surface area contributed by atoms with Gasteiger partial charge in [0.05, 0.1) is 22.5 Å². The van der Waals surface area contributed by atoms with Crippen LogP contribution in [0.25, 0.3) is 0 Å². The number of alkyl halides is 6. The van der Waals surface area contributed by atoms with E-state index in [9.17, 15) is 26.3 Å². The molecule has 25 heavy (non-hydrogen) atoms. The molecule has 0 aromatic heterocycles. The summed E-state index contributed by atoms with van der Waals surface area (Å²) in [6.45, 7) is 0. The molecule has 0 aliphatic heterocycles. The Kier molecular flexibility index (Phi) is 4.93. The van der Waals surface area contributed by atoms with Gasteiger partial charge in [0, 0.05) is 5.56 Å². The molecule has 0 unspecified atom stereocenters. The summed E-state index contributed by atoms with van der Waals surface area (Å²) in [7, 11) is 0. The first kappa shape index (κ1) is 18.6. The molecule has 0 bridgehead atoms. The molecule has 0 heterocycles. The highest BCUT2D eigenvalue weighted by Gasteiger charge is 2.37. The van der Waals surface area contributed by atoms with Crippen molar-refractivity contribution in [3.8, 4) is 0 Å². The van der Waals surface area contributed by atoms with Crippen LogP contribution in [-0.4, -0.2) is 11.0 Å². The minimum Gasteiger partial charge on any atom is -0.290 e. The number of nitrogens with one attached hydrogen (secondary N) is 2. The summed E-state index contributed by atoms with van der Waals surface area (Å²) in [5, 5.41) is 19.7. The van der Waals surface area contributed by atoms with Gasteiger partial charge in [-0.25, -0.2) is 5.32 Å². The lowest BCUT2D eigenvalue weighted by atomic mass is 10.1. The lowest BCUT2D eigenvalue weighted by molar-refractivity contribution is -0.143. The van der Waals surface area contributed by atoms with Crippen molar-refractivity contribution in [1.29, 1.82) is 5.41 Å². The van der Waals surface area contributed by atoms with E-state index in [1.165, 1.54) is 24.3 Å². The lowest BCUT2D eigenvalue weighted by Gasteiger charge is -2.14. The molecule has 0 saturated carbocycles. The molecule has 4 nitrogen and oxygen atoms in total. The first-order valence-corrected chi connectivity index (χ1v) is 6.61. The highest BCUT2D eigenvalue weighted by Crippen LogP contribution is 2.38. The van der Waals surface area contributed by atoms with Gasteiger partial charge in [0.15, 0.2) is 0 Å². The SMILES string of the molecule is N=C(NO)c1ccc([N]c2cc(C(F)(F)F)cc(C(F)(F)F)c2)cc1. The van der Waals surface area contributed by atoms with Crippen LogP contribution in [0, 0.1) is 5.41 Å². The average Bonchev–Trinajstić information content (AvgIpc) is 2.53. The first-order chi connectivity index (χ1) is 11.5. The second kappa shape index (κ2) is 6.63. The number of nitrogens with zero attached hydrogens (tertiary/aromatic N) is 1. The highest BCUT2D eigenvalue weighted by molar-refractivity contribution is 5.95. The zero-order valence-corrected chi connectivity index (χ0v) is 12.2. The van der Waals surface area contributed by atoms with Crippen LogP contribution in [0.4, 0.5) is 37.7 Å². The summed E-state index contributed by atoms with van der Waals surface area (Å²) in [4.78, 5) is 0. The smallest absolute Gasteiger partial charge is 0.290 e. The Morgan fingerprint density at radius 1 is 0.840 bits per heavy atom. The van der Waals surface area contributed by atoms with Crippen molar-refractivity contribution < 1.29 is 31.5 Å². The van der Waals surface area contributed by atoms with Gasteiger partial charge in [-0.3, -0.25) is 16.1 Å². The van der Waals surface area contributed by atoms with E-state index < -0.39 is 29.2 Å². The van der Waals surface area contributed by atoms with Gasteiger partial charge in [0.1, 0.15) is 5.84 Å². The summed E-state index contributed by atoms with van der Waals surface area (Å²) in [5.41, 5.74) is -1.48. The van der Waals surface area contributed by atoms with E-state index in [4.69, 9.17) is 10.6 Å². The van der Waals surface area contributed by atoms with Gasteiger partial charge in [0.25, 0.3) is 0 Å². The van der Waals surface area contributed by atoms with Gasteiger partial charge in [-0.2, -0.15) is 26.3 Å². The topological polar surface area (TPSA) is 70.2 Å². The van der Waals surface area contributed by atoms with E-state index in [-0.39, 0.29) is 23.2 Å². The minimum absolute atomic E-state index is 0.0242. The fourth-order valence-electron chi connectivity index (χ4n) is 1.92. The molecule has 0 fully saturated rings. The fourth-order valence-corrected chi connectivity index (χ4v) is 1.92. The molecule has 133 valence electrons. The number of halogens is 6. The van der Waals surface area contributed by atoms with Crippen LogP contribution < -0.4 is 10.8 Å². The second-order valence-electron chi connectivity index (χ2n) is 4.91. The Bertz CT molecular complexity index is 736. The maximum absolute atomic E-state index is 12.8. The molecule has 0 amide bonds. The zero-order valence-electron chi connectivity index (χ0n) is 12.2. The van der Waals surface area contributed by atoms with Crippen molar-refractivity contribution in [2.24, 2.45) is 0 Å². The Morgan fingerprint density at radius 3 is 1.72 bits per heavy atom. The number of benzene rings is 2. The van der Waals surface area contributed by atoms with Crippen molar-refractivity contribution >= 4 is 17.2 Å².